The predicted octanol–water partition coefficient (Wildman–Crippen LogP) is 2.25. The summed E-state index contributed by atoms with van der Waals surface area (Å²) in [6, 6.07) is 5.96. The molecule has 0 aliphatic rings. The van der Waals surface area contributed by atoms with Crippen LogP contribution in [0.15, 0.2) is 59.9 Å². The van der Waals surface area contributed by atoms with E-state index in [4.69, 9.17) is 4.42 Å². The van der Waals surface area contributed by atoms with E-state index in [9.17, 15) is 9.59 Å². The van der Waals surface area contributed by atoms with E-state index in [0.717, 1.165) is 0 Å². The molecule has 8 heteroatoms. The van der Waals surface area contributed by atoms with Crippen molar-refractivity contribution in [3.8, 4) is 5.82 Å². The van der Waals surface area contributed by atoms with E-state index in [-0.39, 0.29) is 17.6 Å². The third-order valence-corrected chi connectivity index (χ3v) is 3.77. The molecule has 2 amide bonds. The molecule has 3 aromatic heterocycles. The van der Waals surface area contributed by atoms with Gasteiger partial charge in [-0.15, -0.1) is 0 Å². The van der Waals surface area contributed by atoms with Crippen molar-refractivity contribution in [1.29, 1.82) is 0 Å². The fraction of sp³-hybridized carbons (Fsp3) is 0.222. The molecule has 0 fully saturated rings. The minimum atomic E-state index is -0.707. The molecule has 0 radical (unpaired) electrons. The fourth-order valence-corrected chi connectivity index (χ4v) is 2.38. The van der Waals surface area contributed by atoms with Gasteiger partial charge in [-0.2, -0.15) is 0 Å². The van der Waals surface area contributed by atoms with Crippen LogP contribution in [-0.2, 0) is 4.79 Å². The Kier molecular flexibility index (Phi) is 5.12. The Hall–Kier alpha value is -3.42. The van der Waals surface area contributed by atoms with E-state index >= 15 is 0 Å². The zero-order valence-corrected chi connectivity index (χ0v) is 14.4. The molecule has 8 nitrogen and oxygen atoms in total. The van der Waals surface area contributed by atoms with Crippen molar-refractivity contribution in [2.45, 2.75) is 19.9 Å². The van der Waals surface area contributed by atoms with Gasteiger partial charge in [0.05, 0.1) is 18.1 Å². The average Bonchev–Trinajstić information content (AvgIpc) is 3.33. The van der Waals surface area contributed by atoms with Gasteiger partial charge in [-0.3, -0.25) is 14.2 Å². The number of rotatable bonds is 6. The van der Waals surface area contributed by atoms with Crippen LogP contribution < -0.4 is 10.6 Å². The maximum Gasteiger partial charge on any atom is 0.287 e. The average molecular weight is 353 g/mol. The molecule has 0 spiro atoms. The Balaban J connectivity index is 1.67. The summed E-state index contributed by atoms with van der Waals surface area (Å²) in [7, 11) is 0. The lowest BCUT2D eigenvalue weighted by Crippen LogP contribution is -2.47. The van der Waals surface area contributed by atoms with Crippen molar-refractivity contribution in [3.63, 3.8) is 0 Å². The van der Waals surface area contributed by atoms with Crippen LogP contribution in [0.4, 0.5) is 5.69 Å². The van der Waals surface area contributed by atoms with Gasteiger partial charge in [-0.25, -0.2) is 9.97 Å². The summed E-state index contributed by atoms with van der Waals surface area (Å²) in [5.74, 6) is -0.0107. The third kappa shape index (κ3) is 3.97. The van der Waals surface area contributed by atoms with Crippen LogP contribution >= 0.6 is 0 Å². The Morgan fingerprint density at radius 1 is 1.23 bits per heavy atom. The summed E-state index contributed by atoms with van der Waals surface area (Å²) in [5.41, 5.74) is 0.539. The lowest BCUT2D eigenvalue weighted by atomic mass is 10.0. The number of amides is 2. The van der Waals surface area contributed by atoms with Crippen LogP contribution in [0.1, 0.15) is 24.4 Å². The maximum atomic E-state index is 12.6. The topological polar surface area (TPSA) is 102 Å². The Morgan fingerprint density at radius 2 is 2.08 bits per heavy atom. The molecule has 0 saturated carbocycles. The molecule has 0 bridgehead atoms. The van der Waals surface area contributed by atoms with Gasteiger partial charge in [0.15, 0.2) is 5.76 Å². The van der Waals surface area contributed by atoms with Crippen LogP contribution in [0.5, 0.6) is 0 Å². The molecular weight excluding hydrogens is 334 g/mol. The number of hydrogen-bond acceptors (Lipinski definition) is 5. The largest absolute Gasteiger partial charge is 0.459 e. The van der Waals surface area contributed by atoms with Crippen LogP contribution in [0, 0.1) is 5.92 Å². The quantitative estimate of drug-likeness (QED) is 0.708. The monoisotopic (exact) mass is 353 g/mol. The molecule has 3 aromatic rings. The molecule has 0 unspecified atom stereocenters. The standard InChI is InChI=1S/C18H19N5O3/c1-12(2)16(22-17(24)14-4-3-9-26-14)18(25)21-13-5-6-15(20-10-13)23-8-7-19-11-23/h3-12,16H,1-2H3,(H,21,25)(H,22,24)/t16-/m1/s1. The molecule has 2 N–H and O–H groups in total. The minimum absolute atomic E-state index is 0.105. The third-order valence-electron chi connectivity index (χ3n) is 3.77. The highest BCUT2D eigenvalue weighted by Gasteiger charge is 2.25. The molecule has 3 heterocycles. The Bertz CT molecular complexity index is 855. The molecular formula is C18H19N5O3. The van der Waals surface area contributed by atoms with Crippen molar-refractivity contribution in [2.24, 2.45) is 5.92 Å². The van der Waals surface area contributed by atoms with E-state index in [1.165, 1.54) is 6.26 Å². The number of nitrogens with zero attached hydrogens (tertiary/aromatic N) is 3. The van der Waals surface area contributed by atoms with Gasteiger partial charge in [0.1, 0.15) is 18.2 Å². The first-order valence-corrected chi connectivity index (χ1v) is 8.14. The molecule has 0 saturated heterocycles. The van der Waals surface area contributed by atoms with E-state index in [1.807, 2.05) is 13.8 Å². The number of hydrogen-bond donors (Lipinski definition) is 2. The van der Waals surface area contributed by atoms with Gasteiger partial charge in [-0.1, -0.05) is 13.8 Å². The summed E-state index contributed by atoms with van der Waals surface area (Å²) in [6.45, 7) is 3.71. The van der Waals surface area contributed by atoms with Crippen LogP contribution in [-0.4, -0.2) is 32.4 Å². The SMILES string of the molecule is CC(C)[C@@H](NC(=O)c1ccco1)C(=O)Nc1ccc(-n2ccnc2)nc1. The number of imidazole rings is 1. The lowest BCUT2D eigenvalue weighted by Gasteiger charge is -2.21. The molecule has 3 rings (SSSR count). The molecule has 26 heavy (non-hydrogen) atoms. The molecule has 134 valence electrons. The molecule has 0 aliphatic heterocycles. The highest BCUT2D eigenvalue weighted by atomic mass is 16.3. The zero-order chi connectivity index (χ0) is 18.5. The van der Waals surface area contributed by atoms with Gasteiger partial charge in [0.2, 0.25) is 5.91 Å². The second-order valence-electron chi connectivity index (χ2n) is 6.04. The first-order chi connectivity index (χ1) is 12.5. The number of carbonyl (C=O) groups is 2. The normalized spacial score (nSPS) is 12.0. The van der Waals surface area contributed by atoms with E-state index in [2.05, 4.69) is 20.6 Å². The van der Waals surface area contributed by atoms with Crippen molar-refractivity contribution in [1.82, 2.24) is 19.9 Å². The van der Waals surface area contributed by atoms with Gasteiger partial charge in [0.25, 0.3) is 5.91 Å². The number of nitrogens with one attached hydrogen (secondary N) is 2. The van der Waals surface area contributed by atoms with Gasteiger partial charge >= 0.3 is 0 Å². The van der Waals surface area contributed by atoms with Crippen molar-refractivity contribution in [3.05, 3.63) is 61.2 Å². The lowest BCUT2D eigenvalue weighted by molar-refractivity contribution is -0.118. The maximum absolute atomic E-state index is 12.6. The highest BCUT2D eigenvalue weighted by Crippen LogP contribution is 2.12. The van der Waals surface area contributed by atoms with Crippen molar-refractivity contribution < 1.29 is 14.0 Å². The smallest absolute Gasteiger partial charge is 0.287 e. The van der Waals surface area contributed by atoms with Crippen molar-refractivity contribution >= 4 is 17.5 Å². The second kappa shape index (κ2) is 7.64. The second-order valence-corrected chi connectivity index (χ2v) is 6.04. The number of carbonyl (C=O) groups excluding carboxylic acids is 2. The first kappa shape index (κ1) is 17.4. The molecule has 1 atom stereocenters. The first-order valence-electron chi connectivity index (χ1n) is 8.14. The number of furan rings is 1. The fourth-order valence-electron chi connectivity index (χ4n) is 2.38. The van der Waals surface area contributed by atoms with E-state index in [0.29, 0.717) is 11.5 Å². The van der Waals surface area contributed by atoms with Gasteiger partial charge in [0, 0.05) is 12.4 Å². The van der Waals surface area contributed by atoms with Crippen LogP contribution in [0.2, 0.25) is 0 Å². The Labute approximate surface area is 150 Å². The molecule has 0 aromatic carbocycles. The van der Waals surface area contributed by atoms with Gasteiger partial charge in [-0.05, 0) is 30.2 Å². The van der Waals surface area contributed by atoms with E-state index in [1.54, 1.807) is 53.8 Å². The van der Waals surface area contributed by atoms with Gasteiger partial charge < -0.3 is 15.1 Å². The summed E-state index contributed by atoms with van der Waals surface area (Å²) >= 11 is 0. The van der Waals surface area contributed by atoms with Crippen molar-refractivity contribution in [2.75, 3.05) is 5.32 Å². The summed E-state index contributed by atoms with van der Waals surface area (Å²) < 4.78 is 6.82. The minimum Gasteiger partial charge on any atom is -0.459 e. The summed E-state index contributed by atoms with van der Waals surface area (Å²) in [4.78, 5) is 33.0. The number of aromatic nitrogens is 3. The predicted molar refractivity (Wildman–Crippen MR) is 94.8 cm³/mol. The number of pyridine rings is 1. The summed E-state index contributed by atoms with van der Waals surface area (Å²) in [5, 5.41) is 5.47. The Morgan fingerprint density at radius 3 is 2.65 bits per heavy atom. The zero-order valence-electron chi connectivity index (χ0n) is 14.4. The van der Waals surface area contributed by atoms with Crippen LogP contribution in [0.25, 0.3) is 5.82 Å². The van der Waals surface area contributed by atoms with Crippen LogP contribution in [0.3, 0.4) is 0 Å². The molecule has 0 aliphatic carbocycles. The van der Waals surface area contributed by atoms with E-state index < -0.39 is 11.9 Å². The highest BCUT2D eigenvalue weighted by molar-refractivity contribution is 6.00. The summed E-state index contributed by atoms with van der Waals surface area (Å²) in [6.07, 6.45) is 8.04. The number of anilines is 1.